The van der Waals surface area contributed by atoms with E-state index in [1.165, 1.54) is 36.1 Å². The van der Waals surface area contributed by atoms with E-state index < -0.39 is 11.5 Å². The maximum Gasteiger partial charge on any atom is 0.165 e. The Morgan fingerprint density at radius 1 is 1.14 bits per heavy atom. The number of methoxy groups -OCH3 is 1. The zero-order valence-electron chi connectivity index (χ0n) is 21.4. The summed E-state index contributed by atoms with van der Waals surface area (Å²) in [5.74, 6) is 2.87. The number of nitrogens with zero attached hydrogens (tertiary/aromatic N) is 1. The molecule has 5 aliphatic rings. The summed E-state index contributed by atoms with van der Waals surface area (Å²) in [6, 6.07) is 15.3. The van der Waals surface area contributed by atoms with E-state index in [9.17, 15) is 10.2 Å². The molecule has 2 aromatic rings. The van der Waals surface area contributed by atoms with E-state index in [4.69, 9.17) is 9.47 Å². The molecule has 3 aliphatic carbocycles. The predicted octanol–water partition coefficient (Wildman–Crippen LogP) is 4.12. The Morgan fingerprint density at radius 3 is 2.72 bits per heavy atom. The highest BCUT2D eigenvalue weighted by Crippen LogP contribution is 2.67. The largest absolute Gasteiger partial charge is 0.493 e. The predicted molar refractivity (Wildman–Crippen MR) is 139 cm³/mol. The van der Waals surface area contributed by atoms with E-state index in [2.05, 4.69) is 47.4 Å². The Hall–Kier alpha value is -2.08. The summed E-state index contributed by atoms with van der Waals surface area (Å²) in [5, 5.41) is 22.9. The number of aliphatic hydroxyl groups is 2. The second-order valence-electron chi connectivity index (χ2n) is 12.3. The summed E-state index contributed by atoms with van der Waals surface area (Å²) in [4.78, 5) is 2.76. The van der Waals surface area contributed by atoms with Crippen molar-refractivity contribution in [1.82, 2.24) is 4.90 Å². The van der Waals surface area contributed by atoms with Crippen molar-refractivity contribution >= 4 is 0 Å². The quantitative estimate of drug-likeness (QED) is 0.584. The Bertz CT molecular complexity index is 1130. The van der Waals surface area contributed by atoms with Crippen LogP contribution in [-0.2, 0) is 18.3 Å². The molecule has 2 heterocycles. The van der Waals surface area contributed by atoms with Gasteiger partial charge in [0.2, 0.25) is 0 Å². The third kappa shape index (κ3) is 3.25. The van der Waals surface area contributed by atoms with Gasteiger partial charge in [0.15, 0.2) is 11.5 Å². The molecule has 4 unspecified atom stereocenters. The molecule has 2 aromatic carbocycles. The minimum absolute atomic E-state index is 0.00504. The molecular weight excluding hydrogens is 450 g/mol. The Kier molecular flexibility index (Phi) is 5.43. The van der Waals surface area contributed by atoms with Crippen LogP contribution in [-0.4, -0.2) is 60.2 Å². The van der Waals surface area contributed by atoms with Crippen molar-refractivity contribution < 1.29 is 19.7 Å². The second kappa shape index (κ2) is 8.47. The SMILES string of the molecule is COc1ccc2c3c1OC1[C@H](O)[C@](CO)(CCCc4ccccc4)CC4C(C2)N(CC2CC2)CCC341. The van der Waals surface area contributed by atoms with E-state index in [-0.39, 0.29) is 18.1 Å². The number of rotatable bonds is 8. The molecular formula is C31H39NO4. The van der Waals surface area contributed by atoms with Gasteiger partial charge in [-0.15, -0.1) is 0 Å². The van der Waals surface area contributed by atoms with E-state index in [0.29, 0.717) is 12.0 Å². The second-order valence-corrected chi connectivity index (χ2v) is 12.3. The normalized spacial score (nSPS) is 36.3. The average Bonchev–Trinajstić information content (AvgIpc) is 3.66. The van der Waals surface area contributed by atoms with Gasteiger partial charge in [-0.25, -0.2) is 0 Å². The number of piperidine rings is 1. The topological polar surface area (TPSA) is 62.2 Å². The molecule has 3 fully saturated rings. The minimum atomic E-state index is -0.701. The Morgan fingerprint density at radius 2 is 1.97 bits per heavy atom. The maximum absolute atomic E-state index is 12.0. The number of aryl methyl sites for hydroxylation is 1. The fraction of sp³-hybridized carbons (Fsp3) is 0.613. The van der Waals surface area contributed by atoms with Gasteiger partial charge >= 0.3 is 0 Å². The first-order chi connectivity index (χ1) is 17.6. The number of hydrogen-bond acceptors (Lipinski definition) is 5. The first-order valence-electron chi connectivity index (χ1n) is 14.0. The summed E-state index contributed by atoms with van der Waals surface area (Å²) < 4.78 is 12.5. The van der Waals surface area contributed by atoms with Crippen molar-refractivity contribution in [2.24, 2.45) is 17.3 Å². The van der Waals surface area contributed by atoms with Gasteiger partial charge in [0, 0.05) is 29.0 Å². The Labute approximate surface area is 214 Å². The average molecular weight is 490 g/mol. The van der Waals surface area contributed by atoms with E-state index in [1.54, 1.807) is 7.11 Å². The minimum Gasteiger partial charge on any atom is -0.493 e. The molecule has 5 nitrogen and oxygen atoms in total. The molecule has 192 valence electrons. The molecule has 0 amide bonds. The van der Waals surface area contributed by atoms with Crippen LogP contribution in [0.4, 0.5) is 0 Å². The summed E-state index contributed by atoms with van der Waals surface area (Å²) >= 11 is 0. The Balaban J connectivity index is 1.27. The van der Waals surface area contributed by atoms with Gasteiger partial charge < -0.3 is 19.7 Å². The van der Waals surface area contributed by atoms with Crippen LogP contribution in [0, 0.1) is 17.3 Å². The van der Waals surface area contributed by atoms with Crippen LogP contribution in [0.1, 0.15) is 55.2 Å². The number of hydrogen-bond donors (Lipinski definition) is 2. The molecule has 1 saturated heterocycles. The smallest absolute Gasteiger partial charge is 0.165 e. The molecule has 0 radical (unpaired) electrons. The van der Waals surface area contributed by atoms with Crippen LogP contribution in [0.3, 0.4) is 0 Å². The molecule has 1 spiro atoms. The summed E-state index contributed by atoms with van der Waals surface area (Å²) in [7, 11) is 1.71. The van der Waals surface area contributed by atoms with Crippen molar-refractivity contribution in [1.29, 1.82) is 0 Å². The molecule has 0 aromatic heterocycles. The lowest BCUT2D eigenvalue weighted by molar-refractivity contribution is -0.181. The molecule has 6 atom stereocenters. The summed E-state index contributed by atoms with van der Waals surface area (Å²) in [6.45, 7) is 2.27. The number of likely N-dealkylation sites (tertiary alicyclic amines) is 1. The van der Waals surface area contributed by atoms with Gasteiger partial charge in [-0.3, -0.25) is 4.90 Å². The monoisotopic (exact) mass is 489 g/mol. The highest BCUT2D eigenvalue weighted by atomic mass is 16.5. The fourth-order valence-electron chi connectivity index (χ4n) is 8.55. The number of ether oxygens (including phenoxy) is 2. The van der Waals surface area contributed by atoms with Crippen LogP contribution in [0.15, 0.2) is 42.5 Å². The maximum atomic E-state index is 12.0. The standard InChI is InChI=1S/C31H39NO4/c1-35-25-12-11-22-16-24-23-17-30(19-33,13-5-8-20-6-3-2-4-7-20)28(34)29-31(23,26(22)27(25)36-29)14-15-32(24)18-21-9-10-21/h2-4,6-7,11-12,21,23-24,28-29,33-34H,5,8-10,13-19H2,1H3/t23?,24?,28-,29?,30+,31?/m0/s1. The van der Waals surface area contributed by atoms with Gasteiger partial charge in [0.1, 0.15) is 6.10 Å². The van der Waals surface area contributed by atoms with Crippen molar-refractivity contribution in [3.63, 3.8) is 0 Å². The highest BCUT2D eigenvalue weighted by molar-refractivity contribution is 5.61. The van der Waals surface area contributed by atoms with Crippen LogP contribution in [0.5, 0.6) is 11.5 Å². The van der Waals surface area contributed by atoms with Crippen LogP contribution >= 0.6 is 0 Å². The molecule has 2 saturated carbocycles. The van der Waals surface area contributed by atoms with Crippen molar-refractivity contribution in [3.8, 4) is 11.5 Å². The van der Waals surface area contributed by atoms with Gasteiger partial charge in [0.05, 0.1) is 19.8 Å². The zero-order valence-corrected chi connectivity index (χ0v) is 21.4. The third-order valence-electron chi connectivity index (χ3n) is 10.5. The molecule has 2 bridgehead atoms. The van der Waals surface area contributed by atoms with Crippen molar-refractivity contribution in [2.75, 3.05) is 26.8 Å². The van der Waals surface area contributed by atoms with E-state index in [0.717, 1.165) is 62.5 Å². The van der Waals surface area contributed by atoms with Crippen LogP contribution in [0.2, 0.25) is 0 Å². The lowest BCUT2D eigenvalue weighted by Crippen LogP contribution is -2.71. The van der Waals surface area contributed by atoms with Crippen LogP contribution < -0.4 is 9.47 Å². The van der Waals surface area contributed by atoms with Crippen molar-refractivity contribution in [2.45, 2.75) is 75.0 Å². The lowest BCUT2D eigenvalue weighted by Gasteiger charge is -2.63. The molecule has 7 rings (SSSR count). The summed E-state index contributed by atoms with van der Waals surface area (Å²) in [6.07, 6.45) is 7.33. The van der Waals surface area contributed by atoms with Gasteiger partial charge in [0.25, 0.3) is 0 Å². The fourth-order valence-corrected chi connectivity index (χ4v) is 8.55. The number of aliphatic hydroxyl groups excluding tert-OH is 2. The van der Waals surface area contributed by atoms with Gasteiger partial charge in [-0.05, 0) is 86.9 Å². The first kappa shape index (κ1) is 23.1. The van der Waals surface area contributed by atoms with Crippen LogP contribution in [0.25, 0.3) is 0 Å². The molecule has 5 heteroatoms. The third-order valence-corrected chi connectivity index (χ3v) is 10.5. The lowest BCUT2D eigenvalue weighted by atomic mass is 9.46. The number of benzene rings is 2. The zero-order chi connectivity index (χ0) is 24.5. The molecule has 2 aliphatic heterocycles. The first-order valence-corrected chi connectivity index (χ1v) is 14.0. The van der Waals surface area contributed by atoms with E-state index >= 15 is 0 Å². The van der Waals surface area contributed by atoms with Gasteiger partial charge in [-0.1, -0.05) is 36.4 Å². The van der Waals surface area contributed by atoms with E-state index in [1.807, 2.05) is 0 Å². The summed E-state index contributed by atoms with van der Waals surface area (Å²) in [5.41, 5.74) is 3.29. The highest BCUT2D eigenvalue weighted by Gasteiger charge is 2.70. The molecule has 36 heavy (non-hydrogen) atoms. The van der Waals surface area contributed by atoms with Gasteiger partial charge in [-0.2, -0.15) is 0 Å². The molecule has 2 N–H and O–H groups in total. The van der Waals surface area contributed by atoms with Crippen molar-refractivity contribution in [3.05, 3.63) is 59.2 Å².